The minimum absolute atomic E-state index is 0.0944. The van der Waals surface area contributed by atoms with Crippen molar-refractivity contribution in [1.82, 2.24) is 30.3 Å². The summed E-state index contributed by atoms with van der Waals surface area (Å²) in [5, 5.41) is 15.3. The van der Waals surface area contributed by atoms with Gasteiger partial charge in [0.05, 0.1) is 24.4 Å². The molecule has 0 bridgehead atoms. The van der Waals surface area contributed by atoms with E-state index >= 15 is 0 Å². The number of anilines is 1. The number of amides is 2. The average Bonchev–Trinajstić information content (AvgIpc) is 3.59. The molecule has 2 aliphatic heterocycles. The van der Waals surface area contributed by atoms with E-state index in [0.717, 1.165) is 109 Å². The lowest BCUT2D eigenvalue weighted by Gasteiger charge is -2.26. The second-order valence-corrected chi connectivity index (χ2v) is 13.6. The van der Waals surface area contributed by atoms with Crippen LogP contribution in [0.4, 0.5) is 5.69 Å². The third-order valence-corrected chi connectivity index (χ3v) is 10.1. The predicted molar refractivity (Wildman–Crippen MR) is 201 cm³/mol. The number of piperidine rings is 1. The highest BCUT2D eigenvalue weighted by Gasteiger charge is 2.22. The molecule has 0 aliphatic carbocycles. The maximum atomic E-state index is 13.1. The Kier molecular flexibility index (Phi) is 12.6. The summed E-state index contributed by atoms with van der Waals surface area (Å²) < 4.78 is 13.2. The quantitative estimate of drug-likeness (QED) is 0.139. The van der Waals surface area contributed by atoms with Crippen LogP contribution in [0, 0.1) is 0 Å². The zero-order valence-electron chi connectivity index (χ0n) is 30.4. The van der Waals surface area contributed by atoms with Crippen LogP contribution in [0.25, 0.3) is 22.2 Å². The molecule has 0 spiro atoms. The molecular weight excluding hydrogens is 642 g/mol. The highest BCUT2D eigenvalue weighted by molar-refractivity contribution is 5.92. The molecule has 3 N–H and O–H groups in total. The van der Waals surface area contributed by atoms with Gasteiger partial charge in [-0.25, -0.2) is 9.67 Å². The number of nitrogens with one attached hydrogen (secondary N) is 3. The van der Waals surface area contributed by atoms with E-state index in [4.69, 9.17) is 14.5 Å². The molecule has 2 aliphatic rings. The van der Waals surface area contributed by atoms with Gasteiger partial charge in [-0.2, -0.15) is 5.10 Å². The smallest absolute Gasteiger partial charge is 0.220 e. The van der Waals surface area contributed by atoms with Crippen LogP contribution in [-0.2, 0) is 46.9 Å². The van der Waals surface area contributed by atoms with Crippen LogP contribution in [0.3, 0.4) is 0 Å². The maximum Gasteiger partial charge on any atom is 0.220 e. The number of likely N-dealkylation sites (tertiary alicyclic amines) is 1. The average molecular weight is 696 g/mol. The molecule has 2 aromatic carbocycles. The number of aromatic nitrogens is 3. The number of carbonyl (C=O) groups is 2. The molecule has 4 heterocycles. The van der Waals surface area contributed by atoms with E-state index in [9.17, 15) is 9.59 Å². The lowest BCUT2D eigenvalue weighted by molar-refractivity contribution is -0.126. The summed E-state index contributed by atoms with van der Waals surface area (Å²) in [6.45, 7) is 10.2. The normalized spacial score (nSPS) is 15.5. The Morgan fingerprint density at radius 1 is 0.941 bits per heavy atom. The monoisotopic (exact) mass is 695 g/mol. The molecule has 11 nitrogen and oxygen atoms in total. The summed E-state index contributed by atoms with van der Waals surface area (Å²) >= 11 is 0. The van der Waals surface area contributed by atoms with Crippen molar-refractivity contribution in [2.45, 2.75) is 97.4 Å². The number of pyridine rings is 1. The fourth-order valence-electron chi connectivity index (χ4n) is 7.20. The van der Waals surface area contributed by atoms with E-state index in [1.54, 1.807) is 7.11 Å². The topological polar surface area (TPSA) is 123 Å². The zero-order valence-corrected chi connectivity index (χ0v) is 30.4. The fraction of sp³-hybridized carbons (Fsp3) is 0.500. The lowest BCUT2D eigenvalue weighted by atomic mass is 9.99. The molecule has 0 atom stereocenters. The van der Waals surface area contributed by atoms with Crippen molar-refractivity contribution >= 4 is 28.5 Å². The first-order valence-corrected chi connectivity index (χ1v) is 18.7. The van der Waals surface area contributed by atoms with E-state index < -0.39 is 0 Å². The molecule has 11 heteroatoms. The second kappa shape index (κ2) is 17.6. The number of benzene rings is 2. The molecule has 0 saturated carbocycles. The SMILES string of the molecule is CCc1nc2c(cnn2CC)c(NC2CCOCC2)c1CNC(=O)CCC(=O)NCc1ccc(OC)c(-c2cccc(CN3CCCCC3)c2)c1. The number of fused-ring (bicyclic) bond motifs is 1. The van der Waals surface area contributed by atoms with Gasteiger partial charge in [0, 0.05) is 75.1 Å². The number of rotatable bonds is 15. The van der Waals surface area contributed by atoms with Crippen molar-refractivity contribution in [1.29, 1.82) is 0 Å². The minimum atomic E-state index is -0.176. The van der Waals surface area contributed by atoms with Crippen molar-refractivity contribution in [3.8, 4) is 16.9 Å². The Morgan fingerprint density at radius 2 is 1.71 bits per heavy atom. The van der Waals surface area contributed by atoms with Gasteiger partial charge >= 0.3 is 0 Å². The number of methoxy groups -OCH3 is 1. The summed E-state index contributed by atoms with van der Waals surface area (Å²) in [5.74, 6) is 0.449. The molecule has 2 saturated heterocycles. The van der Waals surface area contributed by atoms with Crippen molar-refractivity contribution in [2.24, 2.45) is 0 Å². The lowest BCUT2D eigenvalue weighted by Crippen LogP contribution is -2.30. The van der Waals surface area contributed by atoms with Crippen molar-refractivity contribution in [3.05, 3.63) is 71.0 Å². The van der Waals surface area contributed by atoms with Crippen LogP contribution in [0.2, 0.25) is 0 Å². The highest BCUT2D eigenvalue weighted by Crippen LogP contribution is 2.33. The Bertz CT molecular complexity index is 1790. The van der Waals surface area contributed by atoms with Crippen LogP contribution < -0.4 is 20.7 Å². The van der Waals surface area contributed by atoms with Gasteiger partial charge in [0.1, 0.15) is 5.75 Å². The standard InChI is InChI=1S/C40H53N7O4/c1-4-35-33(39(44-31-16-20-51-21-17-31)34-26-43-47(5-2)40(34)45-35)25-42-38(49)15-14-37(48)41-24-28-12-13-36(50-3)32(23-28)30-11-9-10-29(22-30)27-46-18-7-6-8-19-46/h9-13,22-23,26,31H,4-8,14-21,24-25,27H2,1-3H3,(H,41,48)(H,42,49)(H,44,45). The minimum Gasteiger partial charge on any atom is -0.496 e. The van der Waals surface area contributed by atoms with Crippen LogP contribution in [-0.4, -0.2) is 70.9 Å². The third kappa shape index (κ3) is 9.25. The van der Waals surface area contributed by atoms with Crippen molar-refractivity contribution in [3.63, 3.8) is 0 Å². The molecule has 0 unspecified atom stereocenters. The Labute approximate surface area is 301 Å². The molecule has 51 heavy (non-hydrogen) atoms. The molecule has 0 radical (unpaired) electrons. The molecular formula is C40H53N7O4. The van der Waals surface area contributed by atoms with Crippen molar-refractivity contribution < 1.29 is 19.1 Å². The Hall–Kier alpha value is -4.48. The van der Waals surface area contributed by atoms with Gasteiger partial charge in [0.15, 0.2) is 5.65 Å². The van der Waals surface area contributed by atoms with E-state index in [-0.39, 0.29) is 30.7 Å². The van der Waals surface area contributed by atoms with Gasteiger partial charge in [0.2, 0.25) is 11.8 Å². The summed E-state index contributed by atoms with van der Waals surface area (Å²) in [6.07, 6.45) is 8.46. The summed E-state index contributed by atoms with van der Waals surface area (Å²) in [7, 11) is 1.68. The second-order valence-electron chi connectivity index (χ2n) is 13.6. The maximum absolute atomic E-state index is 13.1. The van der Waals surface area contributed by atoms with E-state index in [2.05, 4.69) is 70.1 Å². The van der Waals surface area contributed by atoms with Crippen LogP contribution in [0.1, 0.15) is 81.2 Å². The van der Waals surface area contributed by atoms with Gasteiger partial charge in [-0.15, -0.1) is 0 Å². The number of hydrogen-bond donors (Lipinski definition) is 3. The summed E-state index contributed by atoms with van der Waals surface area (Å²) in [4.78, 5) is 33.4. The molecule has 6 rings (SSSR count). The largest absolute Gasteiger partial charge is 0.496 e. The predicted octanol–water partition coefficient (Wildman–Crippen LogP) is 5.98. The third-order valence-electron chi connectivity index (χ3n) is 10.1. The van der Waals surface area contributed by atoms with Gasteiger partial charge < -0.3 is 25.4 Å². The van der Waals surface area contributed by atoms with E-state index in [1.165, 1.54) is 24.8 Å². The van der Waals surface area contributed by atoms with E-state index in [1.807, 2.05) is 23.0 Å². The first-order chi connectivity index (χ1) is 24.9. The number of hydrogen-bond acceptors (Lipinski definition) is 8. The molecule has 2 fully saturated rings. The van der Waals surface area contributed by atoms with Crippen LogP contribution in [0.15, 0.2) is 48.7 Å². The highest BCUT2D eigenvalue weighted by atomic mass is 16.5. The first kappa shape index (κ1) is 36.3. The van der Waals surface area contributed by atoms with Crippen LogP contribution in [0.5, 0.6) is 5.75 Å². The molecule has 4 aromatic rings. The van der Waals surface area contributed by atoms with Crippen LogP contribution >= 0.6 is 0 Å². The zero-order chi connectivity index (χ0) is 35.6. The fourth-order valence-corrected chi connectivity index (χ4v) is 7.20. The number of carbonyl (C=O) groups excluding carboxylic acids is 2. The molecule has 2 aromatic heterocycles. The van der Waals surface area contributed by atoms with Gasteiger partial charge in [-0.1, -0.05) is 37.6 Å². The molecule has 2 amide bonds. The molecule has 272 valence electrons. The number of aryl methyl sites for hydroxylation is 2. The number of nitrogens with zero attached hydrogens (tertiary/aromatic N) is 4. The summed E-state index contributed by atoms with van der Waals surface area (Å²) in [5.41, 5.74) is 8.07. The Balaban J connectivity index is 1.05. The van der Waals surface area contributed by atoms with Crippen molar-refractivity contribution in [2.75, 3.05) is 38.7 Å². The van der Waals surface area contributed by atoms with Gasteiger partial charge in [-0.3, -0.25) is 14.5 Å². The first-order valence-electron chi connectivity index (χ1n) is 18.7. The summed E-state index contributed by atoms with van der Waals surface area (Å²) in [6, 6.07) is 14.9. The van der Waals surface area contributed by atoms with Gasteiger partial charge in [0.25, 0.3) is 0 Å². The van der Waals surface area contributed by atoms with E-state index in [0.29, 0.717) is 13.1 Å². The van der Waals surface area contributed by atoms with Gasteiger partial charge in [-0.05, 0) is 87.0 Å². The number of ether oxygens (including phenoxy) is 2. The Morgan fingerprint density at radius 3 is 2.43 bits per heavy atom.